The van der Waals surface area contributed by atoms with Gasteiger partial charge in [-0.2, -0.15) is 0 Å². The lowest BCUT2D eigenvalue weighted by atomic mass is 9.92. The fourth-order valence-corrected chi connectivity index (χ4v) is 2.37. The third-order valence-corrected chi connectivity index (χ3v) is 3.71. The van der Waals surface area contributed by atoms with Crippen molar-refractivity contribution < 1.29 is 19.1 Å². The highest BCUT2D eigenvalue weighted by Gasteiger charge is 2.49. The van der Waals surface area contributed by atoms with Crippen LogP contribution in [0.3, 0.4) is 0 Å². The van der Waals surface area contributed by atoms with Crippen LogP contribution >= 0.6 is 12.4 Å². The van der Waals surface area contributed by atoms with Crippen LogP contribution in [-0.2, 0) is 15.1 Å². The summed E-state index contributed by atoms with van der Waals surface area (Å²) >= 11 is 0. The highest BCUT2D eigenvalue weighted by Crippen LogP contribution is 2.29. The summed E-state index contributed by atoms with van der Waals surface area (Å²) in [6.45, 7) is 1.84. The molecule has 1 aromatic rings. The second-order valence-electron chi connectivity index (χ2n) is 5.31. The van der Waals surface area contributed by atoms with Gasteiger partial charge < -0.3 is 21.1 Å². The fourth-order valence-electron chi connectivity index (χ4n) is 2.37. The Labute approximate surface area is 146 Å². The maximum absolute atomic E-state index is 12.6. The molecule has 1 aromatic carbocycles. The van der Waals surface area contributed by atoms with Crippen LogP contribution in [0, 0.1) is 0 Å². The summed E-state index contributed by atoms with van der Waals surface area (Å²) < 4.78 is 5.08. The first kappa shape index (κ1) is 19.7. The molecule has 4 amide bonds. The van der Waals surface area contributed by atoms with Crippen molar-refractivity contribution in [3.8, 4) is 5.75 Å². The van der Waals surface area contributed by atoms with Crippen LogP contribution in [0.5, 0.6) is 5.75 Å². The zero-order valence-corrected chi connectivity index (χ0v) is 14.3. The number of nitrogens with zero attached hydrogens (tertiary/aromatic N) is 1. The van der Waals surface area contributed by atoms with Crippen molar-refractivity contribution in [3.63, 3.8) is 0 Å². The zero-order valence-electron chi connectivity index (χ0n) is 13.5. The first-order chi connectivity index (χ1) is 10.9. The molecule has 0 aliphatic carbocycles. The number of urea groups is 1. The van der Waals surface area contributed by atoms with E-state index in [1.165, 1.54) is 0 Å². The predicted octanol–water partition coefficient (Wildman–Crippen LogP) is -0.0411. The van der Waals surface area contributed by atoms with Gasteiger partial charge in [-0.25, -0.2) is 4.79 Å². The summed E-state index contributed by atoms with van der Waals surface area (Å²) in [5.41, 5.74) is 4.70. The van der Waals surface area contributed by atoms with Gasteiger partial charge in [0, 0.05) is 13.1 Å². The number of hydrogen-bond acceptors (Lipinski definition) is 5. The van der Waals surface area contributed by atoms with Gasteiger partial charge >= 0.3 is 6.03 Å². The number of methoxy groups -OCH3 is 1. The van der Waals surface area contributed by atoms with E-state index in [4.69, 9.17) is 10.5 Å². The average Bonchev–Trinajstić information content (AvgIpc) is 2.77. The largest absolute Gasteiger partial charge is 0.497 e. The number of rotatable bonds is 6. The van der Waals surface area contributed by atoms with Crippen molar-refractivity contribution >= 4 is 30.3 Å². The molecule has 1 aliphatic rings. The Bertz CT molecular complexity index is 622. The lowest BCUT2D eigenvalue weighted by Gasteiger charge is -2.22. The van der Waals surface area contributed by atoms with Gasteiger partial charge in [0.25, 0.3) is 5.91 Å². The van der Waals surface area contributed by atoms with Crippen LogP contribution in [0.4, 0.5) is 4.79 Å². The van der Waals surface area contributed by atoms with Gasteiger partial charge in [0.05, 0.1) is 7.11 Å². The Balaban J connectivity index is 0.00000288. The monoisotopic (exact) mass is 356 g/mol. The molecule has 0 aromatic heterocycles. The van der Waals surface area contributed by atoms with Crippen molar-refractivity contribution in [1.29, 1.82) is 0 Å². The molecule has 1 atom stereocenters. The van der Waals surface area contributed by atoms with Crippen molar-refractivity contribution in [1.82, 2.24) is 15.5 Å². The number of carbonyl (C=O) groups excluding carboxylic acids is 3. The molecule has 132 valence electrons. The molecule has 8 nitrogen and oxygen atoms in total. The number of carbonyl (C=O) groups is 3. The number of ether oxygens (including phenoxy) is 1. The lowest BCUT2D eigenvalue weighted by molar-refractivity contribution is -0.134. The molecule has 1 heterocycles. The molecule has 24 heavy (non-hydrogen) atoms. The number of imide groups is 1. The number of nitrogens with one attached hydrogen (secondary N) is 2. The maximum Gasteiger partial charge on any atom is 0.325 e. The topological polar surface area (TPSA) is 114 Å². The van der Waals surface area contributed by atoms with Gasteiger partial charge in [-0.3, -0.25) is 14.5 Å². The summed E-state index contributed by atoms with van der Waals surface area (Å²) in [6.07, 6.45) is 0. The van der Waals surface area contributed by atoms with E-state index >= 15 is 0 Å². The first-order valence-electron chi connectivity index (χ1n) is 7.17. The second kappa shape index (κ2) is 7.98. The third kappa shape index (κ3) is 3.77. The molecule has 1 fully saturated rings. The summed E-state index contributed by atoms with van der Waals surface area (Å²) in [7, 11) is 1.54. The van der Waals surface area contributed by atoms with Crippen molar-refractivity contribution in [2.24, 2.45) is 5.73 Å². The van der Waals surface area contributed by atoms with Crippen molar-refractivity contribution in [2.45, 2.75) is 12.5 Å². The van der Waals surface area contributed by atoms with E-state index in [0.29, 0.717) is 11.3 Å². The van der Waals surface area contributed by atoms with E-state index in [-0.39, 0.29) is 32.0 Å². The van der Waals surface area contributed by atoms with Crippen LogP contribution < -0.4 is 21.1 Å². The van der Waals surface area contributed by atoms with Gasteiger partial charge in [0.2, 0.25) is 5.91 Å². The van der Waals surface area contributed by atoms with Gasteiger partial charge in [-0.05, 0) is 24.6 Å². The zero-order chi connectivity index (χ0) is 17.0. The van der Waals surface area contributed by atoms with E-state index in [9.17, 15) is 14.4 Å². The average molecular weight is 357 g/mol. The molecular weight excluding hydrogens is 336 g/mol. The summed E-state index contributed by atoms with van der Waals surface area (Å²) in [6, 6.07) is 6.22. The minimum absolute atomic E-state index is 0. The summed E-state index contributed by atoms with van der Waals surface area (Å²) in [5, 5.41) is 5.17. The van der Waals surface area contributed by atoms with E-state index in [0.717, 1.165) is 4.90 Å². The van der Waals surface area contributed by atoms with Crippen LogP contribution in [-0.4, -0.2) is 49.5 Å². The lowest BCUT2D eigenvalue weighted by Crippen LogP contribution is -2.43. The normalized spacial score (nSPS) is 19.5. The van der Waals surface area contributed by atoms with Gasteiger partial charge in [0.15, 0.2) is 0 Å². The van der Waals surface area contributed by atoms with E-state index in [1.807, 2.05) is 0 Å². The number of nitrogens with two attached hydrogens (primary N) is 1. The van der Waals surface area contributed by atoms with Crippen LogP contribution in [0.15, 0.2) is 24.3 Å². The summed E-state index contributed by atoms with van der Waals surface area (Å²) in [4.78, 5) is 37.3. The number of halogens is 1. The second-order valence-corrected chi connectivity index (χ2v) is 5.31. The van der Waals surface area contributed by atoms with Gasteiger partial charge in [-0.1, -0.05) is 12.1 Å². The molecule has 1 saturated heterocycles. The van der Waals surface area contributed by atoms with Gasteiger partial charge in [-0.15, -0.1) is 12.4 Å². The van der Waals surface area contributed by atoms with Crippen LogP contribution in [0.1, 0.15) is 12.5 Å². The minimum atomic E-state index is -1.21. The molecule has 1 unspecified atom stereocenters. The van der Waals surface area contributed by atoms with E-state index in [1.54, 1.807) is 38.3 Å². The Morgan fingerprint density at radius 2 is 1.96 bits per heavy atom. The van der Waals surface area contributed by atoms with Gasteiger partial charge in [0.1, 0.15) is 17.8 Å². The molecule has 9 heteroatoms. The number of benzene rings is 1. The quantitative estimate of drug-likeness (QED) is 0.619. The number of hydrogen-bond donors (Lipinski definition) is 3. The minimum Gasteiger partial charge on any atom is -0.497 e. The highest BCUT2D eigenvalue weighted by atomic mass is 35.5. The first-order valence-corrected chi connectivity index (χ1v) is 7.17. The molecule has 1 aliphatic heterocycles. The van der Waals surface area contributed by atoms with Crippen LogP contribution in [0.2, 0.25) is 0 Å². The smallest absolute Gasteiger partial charge is 0.325 e. The number of amides is 4. The molecule has 0 saturated carbocycles. The molecular formula is C15H21ClN4O4. The Hall–Kier alpha value is -2.32. The van der Waals surface area contributed by atoms with E-state index in [2.05, 4.69) is 10.6 Å². The molecule has 0 radical (unpaired) electrons. The third-order valence-electron chi connectivity index (χ3n) is 3.71. The predicted molar refractivity (Wildman–Crippen MR) is 89.9 cm³/mol. The molecule has 4 N–H and O–H groups in total. The van der Waals surface area contributed by atoms with Crippen molar-refractivity contribution in [3.05, 3.63) is 29.8 Å². The molecule has 0 spiro atoms. The highest BCUT2D eigenvalue weighted by molar-refractivity contribution is 6.09. The van der Waals surface area contributed by atoms with Crippen LogP contribution in [0.25, 0.3) is 0 Å². The molecule has 2 rings (SSSR count). The fraction of sp³-hybridized carbons (Fsp3) is 0.400. The maximum atomic E-state index is 12.6. The van der Waals surface area contributed by atoms with Crippen molar-refractivity contribution in [2.75, 3.05) is 26.7 Å². The standard InChI is InChI=1S/C15H20N4O4.ClH/c1-15(10-3-5-11(23-2)6-4-10)13(21)19(14(22)18-15)9-12(20)17-8-7-16;/h3-6H,7-9,16H2,1-2H3,(H,17,20)(H,18,22);1H. The Morgan fingerprint density at radius 1 is 1.33 bits per heavy atom. The SMILES string of the molecule is COc1ccc(C2(C)NC(=O)N(CC(=O)NCCN)C2=O)cc1.Cl. The Kier molecular flexibility index (Phi) is 6.56. The Morgan fingerprint density at radius 3 is 2.50 bits per heavy atom. The molecule has 0 bridgehead atoms. The summed E-state index contributed by atoms with van der Waals surface area (Å²) in [5.74, 6) is -0.263. The van der Waals surface area contributed by atoms with E-state index < -0.39 is 23.4 Å².